The van der Waals surface area contributed by atoms with Gasteiger partial charge in [-0.3, -0.25) is 0 Å². The molecular weight excluding hydrogens is 216 g/mol. The molecule has 0 saturated carbocycles. The van der Waals surface area contributed by atoms with Gasteiger partial charge in [-0.25, -0.2) is 0 Å². The van der Waals surface area contributed by atoms with Crippen LogP contribution in [0.4, 0.5) is 0 Å². The molecule has 17 heavy (non-hydrogen) atoms. The van der Waals surface area contributed by atoms with Gasteiger partial charge in [-0.05, 0) is 19.4 Å². The first kappa shape index (κ1) is 13.9. The van der Waals surface area contributed by atoms with Crippen molar-refractivity contribution in [3.8, 4) is 0 Å². The van der Waals surface area contributed by atoms with Crippen molar-refractivity contribution < 1.29 is 14.6 Å². The van der Waals surface area contributed by atoms with Crippen molar-refractivity contribution in [3.05, 3.63) is 48.0 Å². The van der Waals surface area contributed by atoms with Crippen molar-refractivity contribution in [2.24, 2.45) is 0 Å². The van der Waals surface area contributed by atoms with E-state index in [1.54, 1.807) is 0 Å². The zero-order chi connectivity index (χ0) is 12.7. The van der Waals surface area contributed by atoms with Crippen LogP contribution in [0.5, 0.6) is 0 Å². The van der Waals surface area contributed by atoms with Crippen molar-refractivity contribution in [3.63, 3.8) is 0 Å². The molecule has 0 aliphatic carbocycles. The minimum Gasteiger partial charge on any atom is -0.384 e. The SMILES string of the molecule is C=CC(O)c1ccc(C(OCC)OCC)cc1. The monoisotopic (exact) mass is 236 g/mol. The molecule has 0 aliphatic heterocycles. The highest BCUT2D eigenvalue weighted by atomic mass is 16.7. The number of ether oxygens (including phenoxy) is 2. The van der Waals surface area contributed by atoms with Gasteiger partial charge in [0.15, 0.2) is 6.29 Å². The number of rotatable bonds is 7. The number of hydrogen-bond donors (Lipinski definition) is 1. The molecule has 0 saturated heterocycles. The molecule has 1 aromatic rings. The molecule has 1 atom stereocenters. The quantitative estimate of drug-likeness (QED) is 0.584. The Labute approximate surface area is 103 Å². The van der Waals surface area contributed by atoms with Crippen LogP contribution in [0.25, 0.3) is 0 Å². The van der Waals surface area contributed by atoms with E-state index in [1.807, 2.05) is 38.1 Å². The van der Waals surface area contributed by atoms with Crippen LogP contribution in [-0.2, 0) is 9.47 Å². The van der Waals surface area contributed by atoms with Crippen molar-refractivity contribution in [1.82, 2.24) is 0 Å². The lowest BCUT2D eigenvalue weighted by atomic mass is 10.1. The van der Waals surface area contributed by atoms with Crippen LogP contribution in [0.1, 0.15) is 37.4 Å². The van der Waals surface area contributed by atoms with Crippen molar-refractivity contribution in [1.29, 1.82) is 0 Å². The molecule has 0 heterocycles. The molecule has 0 amide bonds. The third-order valence-electron chi connectivity index (χ3n) is 2.41. The van der Waals surface area contributed by atoms with E-state index in [-0.39, 0.29) is 6.29 Å². The normalized spacial score (nSPS) is 12.7. The van der Waals surface area contributed by atoms with Gasteiger partial charge in [0, 0.05) is 18.8 Å². The first-order chi connectivity index (χ1) is 8.22. The smallest absolute Gasteiger partial charge is 0.183 e. The lowest BCUT2D eigenvalue weighted by Crippen LogP contribution is -2.09. The highest BCUT2D eigenvalue weighted by Crippen LogP contribution is 2.21. The van der Waals surface area contributed by atoms with Gasteiger partial charge >= 0.3 is 0 Å². The number of aliphatic hydroxyl groups is 1. The van der Waals surface area contributed by atoms with E-state index in [1.165, 1.54) is 6.08 Å². The van der Waals surface area contributed by atoms with Gasteiger partial charge in [0.25, 0.3) is 0 Å². The van der Waals surface area contributed by atoms with E-state index in [2.05, 4.69) is 6.58 Å². The first-order valence-corrected chi connectivity index (χ1v) is 5.86. The largest absolute Gasteiger partial charge is 0.384 e. The summed E-state index contributed by atoms with van der Waals surface area (Å²) in [6.45, 7) is 8.62. The summed E-state index contributed by atoms with van der Waals surface area (Å²) in [5.41, 5.74) is 1.77. The fourth-order valence-electron chi connectivity index (χ4n) is 1.53. The standard InChI is InChI=1S/C14H20O3/c1-4-13(15)11-7-9-12(10-8-11)14(16-5-2)17-6-3/h4,7-10,13-15H,1,5-6H2,2-3H3. The summed E-state index contributed by atoms with van der Waals surface area (Å²) in [5, 5.41) is 9.58. The van der Waals surface area contributed by atoms with Gasteiger partial charge < -0.3 is 14.6 Å². The molecule has 0 spiro atoms. The molecule has 1 unspecified atom stereocenters. The third kappa shape index (κ3) is 3.97. The lowest BCUT2D eigenvalue weighted by molar-refractivity contribution is -0.140. The molecule has 94 valence electrons. The molecule has 3 heteroatoms. The van der Waals surface area contributed by atoms with Gasteiger partial charge in [0.05, 0.1) is 6.10 Å². The molecule has 0 radical (unpaired) electrons. The van der Waals surface area contributed by atoms with Crippen LogP contribution >= 0.6 is 0 Å². The molecule has 0 fully saturated rings. The maximum atomic E-state index is 9.58. The molecule has 0 bridgehead atoms. The Bertz CT molecular complexity index is 326. The summed E-state index contributed by atoms with van der Waals surface area (Å²) >= 11 is 0. The molecule has 1 rings (SSSR count). The van der Waals surface area contributed by atoms with Gasteiger partial charge in [-0.15, -0.1) is 6.58 Å². The summed E-state index contributed by atoms with van der Waals surface area (Å²) in [6.07, 6.45) is 0.541. The summed E-state index contributed by atoms with van der Waals surface area (Å²) in [5.74, 6) is 0. The average molecular weight is 236 g/mol. The van der Waals surface area contributed by atoms with Crippen LogP contribution in [0.15, 0.2) is 36.9 Å². The zero-order valence-corrected chi connectivity index (χ0v) is 10.4. The maximum Gasteiger partial charge on any atom is 0.183 e. The zero-order valence-electron chi connectivity index (χ0n) is 10.4. The van der Waals surface area contributed by atoms with Gasteiger partial charge in [-0.1, -0.05) is 30.3 Å². The molecule has 0 aliphatic rings. The van der Waals surface area contributed by atoms with E-state index >= 15 is 0 Å². The Morgan fingerprint density at radius 3 is 2.00 bits per heavy atom. The lowest BCUT2D eigenvalue weighted by Gasteiger charge is -2.17. The summed E-state index contributed by atoms with van der Waals surface area (Å²) in [7, 11) is 0. The van der Waals surface area contributed by atoms with Crippen molar-refractivity contribution in [2.45, 2.75) is 26.2 Å². The van der Waals surface area contributed by atoms with E-state index in [0.717, 1.165) is 11.1 Å². The van der Waals surface area contributed by atoms with Crippen molar-refractivity contribution in [2.75, 3.05) is 13.2 Å². The van der Waals surface area contributed by atoms with Crippen LogP contribution in [0.3, 0.4) is 0 Å². The minimum atomic E-state index is -0.623. The Balaban J connectivity index is 2.79. The van der Waals surface area contributed by atoms with Gasteiger partial charge in [0.2, 0.25) is 0 Å². The topological polar surface area (TPSA) is 38.7 Å². The van der Waals surface area contributed by atoms with Crippen LogP contribution in [0, 0.1) is 0 Å². The fourth-order valence-corrected chi connectivity index (χ4v) is 1.53. The van der Waals surface area contributed by atoms with Crippen LogP contribution in [0.2, 0.25) is 0 Å². The highest BCUT2D eigenvalue weighted by Gasteiger charge is 2.11. The fraction of sp³-hybridized carbons (Fsp3) is 0.429. The Morgan fingerprint density at radius 2 is 1.59 bits per heavy atom. The number of aliphatic hydroxyl groups excluding tert-OH is 1. The second-order valence-electron chi connectivity index (χ2n) is 3.59. The second kappa shape index (κ2) is 7.22. The number of hydrogen-bond acceptors (Lipinski definition) is 3. The predicted octanol–water partition coefficient (Wildman–Crippen LogP) is 2.98. The van der Waals surface area contributed by atoms with E-state index in [9.17, 15) is 5.11 Å². The van der Waals surface area contributed by atoms with Gasteiger partial charge in [0.1, 0.15) is 0 Å². The minimum absolute atomic E-state index is 0.333. The van der Waals surface area contributed by atoms with Crippen LogP contribution in [-0.4, -0.2) is 18.3 Å². The maximum absolute atomic E-state index is 9.58. The van der Waals surface area contributed by atoms with Crippen LogP contribution < -0.4 is 0 Å². The average Bonchev–Trinajstić information content (AvgIpc) is 2.38. The Morgan fingerprint density at radius 1 is 1.12 bits per heavy atom. The summed E-state index contributed by atoms with van der Waals surface area (Å²) < 4.78 is 11.0. The third-order valence-corrected chi connectivity index (χ3v) is 2.41. The van der Waals surface area contributed by atoms with Crippen molar-refractivity contribution >= 4 is 0 Å². The van der Waals surface area contributed by atoms with E-state index in [0.29, 0.717) is 13.2 Å². The molecule has 1 aromatic carbocycles. The molecule has 0 aromatic heterocycles. The van der Waals surface area contributed by atoms with Gasteiger partial charge in [-0.2, -0.15) is 0 Å². The Kier molecular flexibility index (Phi) is 5.91. The summed E-state index contributed by atoms with van der Waals surface area (Å²) in [6, 6.07) is 7.51. The Hall–Kier alpha value is -1.16. The number of benzene rings is 1. The molecular formula is C14H20O3. The second-order valence-corrected chi connectivity index (χ2v) is 3.59. The highest BCUT2D eigenvalue weighted by molar-refractivity contribution is 5.26. The molecule has 1 N–H and O–H groups in total. The summed E-state index contributed by atoms with van der Waals surface area (Å²) in [4.78, 5) is 0. The van der Waals surface area contributed by atoms with E-state index < -0.39 is 6.10 Å². The predicted molar refractivity (Wildman–Crippen MR) is 67.6 cm³/mol. The first-order valence-electron chi connectivity index (χ1n) is 5.86. The van der Waals surface area contributed by atoms with E-state index in [4.69, 9.17) is 9.47 Å². The molecule has 3 nitrogen and oxygen atoms in total.